The van der Waals surface area contributed by atoms with Crippen LogP contribution in [0.15, 0.2) is 158 Å². The maximum absolute atomic E-state index is 5.01. The van der Waals surface area contributed by atoms with Crippen molar-refractivity contribution in [2.75, 3.05) is 0 Å². The zero-order valence-electron chi connectivity index (χ0n) is 26.9. The molecule has 1 fully saturated rings. The molecule has 9 rings (SSSR count). The minimum Gasteiger partial charge on any atom is -0.228 e. The number of hydrogen-bond donors (Lipinski definition) is 0. The van der Waals surface area contributed by atoms with Crippen LogP contribution in [-0.4, -0.2) is 9.97 Å². The highest BCUT2D eigenvalue weighted by atomic mass is 14.9. The average Bonchev–Trinajstić information content (AvgIpc) is 3.44. The molecule has 0 unspecified atom stereocenters. The van der Waals surface area contributed by atoms with Crippen LogP contribution in [-0.2, 0) is 5.41 Å². The van der Waals surface area contributed by atoms with Crippen LogP contribution < -0.4 is 0 Å². The van der Waals surface area contributed by atoms with Gasteiger partial charge in [0, 0.05) is 22.1 Å². The van der Waals surface area contributed by atoms with E-state index in [0.717, 1.165) is 33.9 Å². The fraction of sp³-hybridized carbons (Fsp3) is 0.130. The van der Waals surface area contributed by atoms with E-state index in [4.69, 9.17) is 9.97 Å². The average molecular weight is 617 g/mol. The monoisotopic (exact) mass is 616 g/mol. The predicted octanol–water partition coefficient (Wildman–Crippen LogP) is 12.0. The quantitative estimate of drug-likeness (QED) is 0.192. The van der Waals surface area contributed by atoms with Crippen LogP contribution in [0.3, 0.4) is 0 Å². The SMILES string of the molecule is c1ccc(-c2cc(-c3ccc(-c4ccc(-c5cccc6c5-c5ccccc5C65CCCCC5)cc4)cc3)nc(-c3ccccc3)n2)cc1. The smallest absolute Gasteiger partial charge is 0.160 e. The molecule has 2 heteroatoms. The van der Waals surface area contributed by atoms with Gasteiger partial charge in [0.15, 0.2) is 5.82 Å². The molecule has 1 aromatic heterocycles. The summed E-state index contributed by atoms with van der Waals surface area (Å²) in [5, 5.41) is 0. The van der Waals surface area contributed by atoms with E-state index in [0.29, 0.717) is 0 Å². The van der Waals surface area contributed by atoms with Gasteiger partial charge in [-0.25, -0.2) is 9.97 Å². The number of fused-ring (bicyclic) bond motifs is 5. The Balaban J connectivity index is 1.05. The second kappa shape index (κ2) is 11.9. The first-order valence-electron chi connectivity index (χ1n) is 17.2. The Morgan fingerprint density at radius 3 is 1.54 bits per heavy atom. The molecule has 7 aromatic rings. The fourth-order valence-corrected chi connectivity index (χ4v) is 8.18. The van der Waals surface area contributed by atoms with Crippen molar-refractivity contribution < 1.29 is 0 Å². The van der Waals surface area contributed by atoms with Gasteiger partial charge < -0.3 is 0 Å². The van der Waals surface area contributed by atoms with E-state index in [1.54, 1.807) is 5.56 Å². The van der Waals surface area contributed by atoms with Gasteiger partial charge in [0.25, 0.3) is 0 Å². The van der Waals surface area contributed by atoms with Crippen molar-refractivity contribution in [3.8, 4) is 67.3 Å². The normalized spacial score (nSPS) is 14.4. The van der Waals surface area contributed by atoms with Gasteiger partial charge in [-0.05, 0) is 63.4 Å². The Hall–Kier alpha value is -5.60. The summed E-state index contributed by atoms with van der Waals surface area (Å²) in [5.41, 5.74) is 16.1. The largest absolute Gasteiger partial charge is 0.228 e. The lowest BCUT2D eigenvalue weighted by atomic mass is 9.68. The topological polar surface area (TPSA) is 25.8 Å². The van der Waals surface area contributed by atoms with Gasteiger partial charge in [-0.2, -0.15) is 0 Å². The minimum absolute atomic E-state index is 0.176. The van der Waals surface area contributed by atoms with Crippen molar-refractivity contribution in [1.29, 1.82) is 0 Å². The Bertz CT molecular complexity index is 2170. The molecule has 1 heterocycles. The van der Waals surface area contributed by atoms with Gasteiger partial charge in [-0.1, -0.05) is 171 Å². The van der Waals surface area contributed by atoms with E-state index in [-0.39, 0.29) is 5.41 Å². The van der Waals surface area contributed by atoms with Crippen molar-refractivity contribution in [2.45, 2.75) is 37.5 Å². The molecule has 0 N–H and O–H groups in total. The van der Waals surface area contributed by atoms with E-state index in [9.17, 15) is 0 Å². The third kappa shape index (κ3) is 4.88. The molecule has 0 radical (unpaired) electrons. The summed E-state index contributed by atoms with van der Waals surface area (Å²) in [6.07, 6.45) is 6.48. The molecule has 1 saturated carbocycles. The number of hydrogen-bond acceptors (Lipinski definition) is 2. The van der Waals surface area contributed by atoms with Crippen LogP contribution in [0, 0.1) is 0 Å². The van der Waals surface area contributed by atoms with E-state index < -0.39 is 0 Å². The van der Waals surface area contributed by atoms with Crippen LogP contribution in [0.4, 0.5) is 0 Å². The molecular formula is C46H36N2. The first-order chi connectivity index (χ1) is 23.8. The fourth-order valence-electron chi connectivity index (χ4n) is 8.18. The molecule has 2 nitrogen and oxygen atoms in total. The predicted molar refractivity (Wildman–Crippen MR) is 199 cm³/mol. The summed E-state index contributed by atoms with van der Waals surface area (Å²) in [7, 11) is 0. The highest BCUT2D eigenvalue weighted by Gasteiger charge is 2.44. The molecule has 0 atom stereocenters. The Morgan fingerprint density at radius 1 is 0.375 bits per heavy atom. The number of aromatic nitrogens is 2. The minimum atomic E-state index is 0.176. The van der Waals surface area contributed by atoms with Gasteiger partial charge >= 0.3 is 0 Å². The van der Waals surface area contributed by atoms with Gasteiger partial charge in [-0.3, -0.25) is 0 Å². The van der Waals surface area contributed by atoms with E-state index in [1.165, 1.54) is 71.0 Å². The van der Waals surface area contributed by atoms with Gasteiger partial charge in [0.1, 0.15) is 0 Å². The summed E-state index contributed by atoms with van der Waals surface area (Å²) < 4.78 is 0. The Morgan fingerprint density at radius 2 is 0.875 bits per heavy atom. The van der Waals surface area contributed by atoms with E-state index in [1.807, 2.05) is 24.3 Å². The van der Waals surface area contributed by atoms with Crippen molar-refractivity contribution in [2.24, 2.45) is 0 Å². The molecule has 48 heavy (non-hydrogen) atoms. The van der Waals surface area contributed by atoms with Crippen molar-refractivity contribution in [1.82, 2.24) is 9.97 Å². The standard InChI is InChI=1S/C46H36N2/c1-4-13-35(14-5-1)42-31-43(48-45(47-42)37-15-6-2-7-16-37)36-27-23-33(24-28-36)32-21-25-34(26-22-32)38-18-12-20-41-44(38)39-17-8-9-19-40(39)46(41)29-10-3-11-30-46/h1-2,4-9,12-28,31H,3,10-11,29-30H2. The molecular weight excluding hydrogens is 581 g/mol. The molecule has 2 aliphatic carbocycles. The third-order valence-electron chi connectivity index (χ3n) is 10.5. The maximum Gasteiger partial charge on any atom is 0.160 e. The summed E-state index contributed by atoms with van der Waals surface area (Å²) in [5.74, 6) is 0.732. The lowest BCUT2D eigenvalue weighted by Gasteiger charge is -2.36. The van der Waals surface area contributed by atoms with Gasteiger partial charge in [0.05, 0.1) is 11.4 Å². The van der Waals surface area contributed by atoms with Crippen LogP contribution in [0.25, 0.3) is 67.3 Å². The number of nitrogens with zero attached hydrogens (tertiary/aromatic N) is 2. The molecule has 0 bridgehead atoms. The zero-order chi connectivity index (χ0) is 31.9. The molecule has 2 aliphatic rings. The lowest BCUT2D eigenvalue weighted by Crippen LogP contribution is -2.27. The number of benzene rings is 6. The van der Waals surface area contributed by atoms with Crippen molar-refractivity contribution in [3.63, 3.8) is 0 Å². The third-order valence-corrected chi connectivity index (χ3v) is 10.5. The van der Waals surface area contributed by atoms with Crippen molar-refractivity contribution >= 4 is 0 Å². The van der Waals surface area contributed by atoms with E-state index >= 15 is 0 Å². The van der Waals surface area contributed by atoms with Crippen LogP contribution in [0.2, 0.25) is 0 Å². The summed E-state index contributed by atoms with van der Waals surface area (Å²) >= 11 is 0. The summed E-state index contributed by atoms with van der Waals surface area (Å²) in [6, 6.07) is 56.8. The highest BCUT2D eigenvalue weighted by molar-refractivity contribution is 5.93. The summed E-state index contributed by atoms with van der Waals surface area (Å²) in [6.45, 7) is 0. The van der Waals surface area contributed by atoms with E-state index in [2.05, 4.69) is 133 Å². The molecule has 6 aromatic carbocycles. The van der Waals surface area contributed by atoms with Gasteiger partial charge in [0.2, 0.25) is 0 Å². The van der Waals surface area contributed by atoms with Gasteiger partial charge in [-0.15, -0.1) is 0 Å². The van der Waals surface area contributed by atoms with Crippen LogP contribution in [0.1, 0.15) is 43.2 Å². The number of rotatable bonds is 5. The molecule has 1 spiro atoms. The lowest BCUT2D eigenvalue weighted by molar-refractivity contribution is 0.353. The Labute approximate surface area is 282 Å². The molecule has 0 aliphatic heterocycles. The second-order valence-corrected chi connectivity index (χ2v) is 13.3. The molecule has 0 saturated heterocycles. The van der Waals surface area contributed by atoms with Crippen LogP contribution in [0.5, 0.6) is 0 Å². The molecule has 230 valence electrons. The summed E-state index contributed by atoms with van der Waals surface area (Å²) in [4.78, 5) is 9.96. The molecule has 0 amide bonds. The Kier molecular flexibility index (Phi) is 7.08. The highest BCUT2D eigenvalue weighted by Crippen LogP contribution is 2.57. The van der Waals surface area contributed by atoms with Crippen LogP contribution >= 0.6 is 0 Å². The maximum atomic E-state index is 5.01. The first kappa shape index (κ1) is 28.6. The van der Waals surface area contributed by atoms with Crippen molar-refractivity contribution in [3.05, 3.63) is 169 Å². The zero-order valence-corrected chi connectivity index (χ0v) is 26.9. The second-order valence-electron chi connectivity index (χ2n) is 13.3. The first-order valence-corrected chi connectivity index (χ1v) is 17.2.